The Hall–Kier alpha value is -2.30. The highest BCUT2D eigenvalue weighted by Gasteiger charge is 2.31. The molecule has 5 nitrogen and oxygen atoms in total. The molecular weight excluding hydrogens is 206 g/mol. The van der Waals surface area contributed by atoms with Crippen LogP contribution < -0.4 is 11.1 Å². The first kappa shape index (κ1) is 8.96. The van der Waals surface area contributed by atoms with E-state index in [1.54, 1.807) is 6.07 Å². The lowest BCUT2D eigenvalue weighted by Crippen LogP contribution is -2.20. The summed E-state index contributed by atoms with van der Waals surface area (Å²) in [6.45, 7) is 0. The van der Waals surface area contributed by atoms with E-state index in [1.165, 1.54) is 0 Å². The SMILES string of the molecule is Cn1ccc2c3c(c(N)cc21)C(=O)NC3=O.[HH]. The quantitative estimate of drug-likeness (QED) is 0.508. The topological polar surface area (TPSA) is 77.1 Å². The summed E-state index contributed by atoms with van der Waals surface area (Å²) in [5.41, 5.74) is 7.67. The number of nitrogens with two attached hydrogens (primary N) is 1. The Morgan fingerprint density at radius 3 is 2.75 bits per heavy atom. The van der Waals surface area contributed by atoms with Crippen LogP contribution in [0, 0.1) is 0 Å². The van der Waals surface area contributed by atoms with E-state index in [4.69, 9.17) is 5.73 Å². The lowest BCUT2D eigenvalue weighted by Gasteiger charge is -2.03. The number of carbonyl (C=O) groups excluding carboxylic acids is 2. The number of imide groups is 1. The molecule has 0 bridgehead atoms. The molecular formula is C11H11N3O2. The highest BCUT2D eigenvalue weighted by Crippen LogP contribution is 2.31. The van der Waals surface area contributed by atoms with E-state index >= 15 is 0 Å². The molecule has 0 fully saturated rings. The molecule has 3 rings (SSSR count). The summed E-state index contributed by atoms with van der Waals surface area (Å²) in [5.74, 6) is -0.785. The number of carbonyl (C=O) groups is 2. The van der Waals surface area contributed by atoms with Gasteiger partial charge in [0.15, 0.2) is 0 Å². The Balaban J connectivity index is 0.00000108. The summed E-state index contributed by atoms with van der Waals surface area (Å²) in [5, 5.41) is 3.02. The molecule has 1 aromatic heterocycles. The van der Waals surface area contributed by atoms with Crippen molar-refractivity contribution in [3.8, 4) is 0 Å². The van der Waals surface area contributed by atoms with Crippen LogP contribution in [0.25, 0.3) is 10.9 Å². The van der Waals surface area contributed by atoms with E-state index in [0.717, 1.165) is 10.9 Å². The number of hydrogen-bond donors (Lipinski definition) is 2. The number of nitrogens with zero attached hydrogens (tertiary/aromatic N) is 1. The molecule has 2 heterocycles. The first-order chi connectivity index (χ1) is 7.59. The van der Waals surface area contributed by atoms with E-state index < -0.39 is 5.91 Å². The van der Waals surface area contributed by atoms with Crippen LogP contribution in [0.1, 0.15) is 22.1 Å². The van der Waals surface area contributed by atoms with Gasteiger partial charge in [-0.05, 0) is 12.1 Å². The van der Waals surface area contributed by atoms with Crippen LogP contribution in [-0.4, -0.2) is 16.4 Å². The molecule has 0 atom stereocenters. The first-order valence-corrected chi connectivity index (χ1v) is 4.83. The van der Waals surface area contributed by atoms with Crippen LogP contribution in [0.3, 0.4) is 0 Å². The van der Waals surface area contributed by atoms with E-state index in [2.05, 4.69) is 5.32 Å². The fourth-order valence-corrected chi connectivity index (χ4v) is 2.14. The lowest BCUT2D eigenvalue weighted by atomic mass is 10.0. The van der Waals surface area contributed by atoms with Gasteiger partial charge in [0.25, 0.3) is 11.8 Å². The van der Waals surface area contributed by atoms with Crippen molar-refractivity contribution in [2.24, 2.45) is 7.05 Å². The zero-order valence-electron chi connectivity index (χ0n) is 8.57. The predicted molar refractivity (Wildman–Crippen MR) is 61.2 cm³/mol. The molecule has 1 aromatic carbocycles. The van der Waals surface area contributed by atoms with Gasteiger partial charge in [-0.1, -0.05) is 0 Å². The second-order valence-electron chi connectivity index (χ2n) is 3.86. The summed E-state index contributed by atoms with van der Waals surface area (Å²) in [4.78, 5) is 23.2. The Morgan fingerprint density at radius 2 is 2.00 bits per heavy atom. The zero-order chi connectivity index (χ0) is 11.4. The van der Waals surface area contributed by atoms with Crippen LogP contribution in [0.5, 0.6) is 0 Å². The van der Waals surface area contributed by atoms with E-state index in [-0.39, 0.29) is 7.33 Å². The standard InChI is InChI=1S/C11H9N3O2.H2/c1-14-3-2-5-7(14)4-6(12)9-8(5)10(15)13-11(9)16;/h2-4H,12H2,1H3,(H,13,15,16);1H. The number of amides is 2. The van der Waals surface area contributed by atoms with Crippen molar-refractivity contribution in [3.63, 3.8) is 0 Å². The zero-order valence-corrected chi connectivity index (χ0v) is 8.57. The Labute approximate surface area is 92.3 Å². The van der Waals surface area contributed by atoms with Gasteiger partial charge in [0.1, 0.15) is 0 Å². The Bertz CT molecular complexity index is 660. The van der Waals surface area contributed by atoms with Crippen LogP contribution >= 0.6 is 0 Å². The van der Waals surface area contributed by atoms with Crippen LogP contribution in [-0.2, 0) is 7.05 Å². The minimum Gasteiger partial charge on any atom is -0.398 e. The number of fused-ring (bicyclic) bond motifs is 3. The maximum absolute atomic E-state index is 11.7. The van der Waals surface area contributed by atoms with Gasteiger partial charge in [0.05, 0.1) is 16.6 Å². The van der Waals surface area contributed by atoms with Gasteiger partial charge in [-0.3, -0.25) is 14.9 Å². The molecule has 0 unspecified atom stereocenters. The van der Waals surface area contributed by atoms with Gasteiger partial charge in [-0.2, -0.15) is 0 Å². The number of nitrogens with one attached hydrogen (secondary N) is 1. The van der Waals surface area contributed by atoms with Crippen LogP contribution in [0.2, 0.25) is 0 Å². The van der Waals surface area contributed by atoms with Crippen molar-refractivity contribution in [2.75, 3.05) is 5.73 Å². The fraction of sp³-hybridized carbons (Fsp3) is 0.0909. The highest BCUT2D eigenvalue weighted by molar-refractivity contribution is 6.28. The van der Waals surface area contributed by atoms with Crippen molar-refractivity contribution in [3.05, 3.63) is 29.5 Å². The summed E-state index contributed by atoms with van der Waals surface area (Å²) in [6, 6.07) is 3.53. The highest BCUT2D eigenvalue weighted by atomic mass is 16.2. The molecule has 1 aliphatic rings. The number of benzene rings is 1. The predicted octanol–water partition coefficient (Wildman–Crippen LogP) is 0.890. The molecule has 0 aliphatic carbocycles. The number of aryl methyl sites for hydroxylation is 1. The minimum atomic E-state index is -0.414. The maximum Gasteiger partial charge on any atom is 0.261 e. The third-order valence-corrected chi connectivity index (χ3v) is 2.90. The number of aromatic nitrogens is 1. The number of anilines is 1. The monoisotopic (exact) mass is 217 g/mol. The molecule has 82 valence electrons. The van der Waals surface area contributed by atoms with Crippen molar-refractivity contribution in [1.29, 1.82) is 0 Å². The molecule has 0 saturated carbocycles. The van der Waals surface area contributed by atoms with Gasteiger partial charge >= 0.3 is 0 Å². The van der Waals surface area contributed by atoms with Crippen molar-refractivity contribution < 1.29 is 11.0 Å². The number of rotatable bonds is 0. The van der Waals surface area contributed by atoms with Crippen molar-refractivity contribution in [2.45, 2.75) is 0 Å². The third-order valence-electron chi connectivity index (χ3n) is 2.90. The van der Waals surface area contributed by atoms with Gasteiger partial charge in [0, 0.05) is 25.7 Å². The average molecular weight is 217 g/mol. The second kappa shape index (κ2) is 2.63. The molecule has 2 aromatic rings. The summed E-state index contributed by atoms with van der Waals surface area (Å²) >= 11 is 0. The summed E-state index contributed by atoms with van der Waals surface area (Å²) in [6.07, 6.45) is 1.83. The normalized spacial score (nSPS) is 14.3. The second-order valence-corrected chi connectivity index (χ2v) is 3.86. The van der Waals surface area contributed by atoms with Crippen LogP contribution in [0.15, 0.2) is 18.3 Å². The molecule has 2 amide bonds. The van der Waals surface area contributed by atoms with E-state index in [1.807, 2.05) is 23.9 Å². The van der Waals surface area contributed by atoms with Crippen molar-refractivity contribution in [1.82, 2.24) is 9.88 Å². The van der Waals surface area contributed by atoms with Gasteiger partial charge < -0.3 is 10.3 Å². The molecule has 0 saturated heterocycles. The largest absolute Gasteiger partial charge is 0.398 e. The maximum atomic E-state index is 11.7. The molecule has 1 aliphatic heterocycles. The smallest absolute Gasteiger partial charge is 0.261 e. The summed E-state index contributed by atoms with van der Waals surface area (Å²) < 4.78 is 1.86. The molecule has 0 radical (unpaired) electrons. The number of hydrogen-bond acceptors (Lipinski definition) is 3. The first-order valence-electron chi connectivity index (χ1n) is 4.83. The average Bonchev–Trinajstić information content (AvgIpc) is 2.71. The fourth-order valence-electron chi connectivity index (χ4n) is 2.14. The molecule has 3 N–H and O–H groups in total. The van der Waals surface area contributed by atoms with E-state index in [9.17, 15) is 9.59 Å². The molecule has 16 heavy (non-hydrogen) atoms. The Morgan fingerprint density at radius 1 is 1.31 bits per heavy atom. The molecule has 0 spiro atoms. The molecule has 5 heteroatoms. The van der Waals surface area contributed by atoms with Crippen molar-refractivity contribution >= 4 is 28.4 Å². The third kappa shape index (κ3) is 0.894. The Kier molecular flexibility index (Phi) is 1.47. The number of nitrogen functional groups attached to an aromatic ring is 1. The van der Waals surface area contributed by atoms with Gasteiger partial charge in [-0.15, -0.1) is 0 Å². The van der Waals surface area contributed by atoms with Gasteiger partial charge in [-0.25, -0.2) is 0 Å². The van der Waals surface area contributed by atoms with Gasteiger partial charge in [0.2, 0.25) is 0 Å². The minimum absolute atomic E-state index is 0. The van der Waals surface area contributed by atoms with Crippen LogP contribution in [0.4, 0.5) is 5.69 Å². The lowest BCUT2D eigenvalue weighted by molar-refractivity contribution is 0.0880. The summed E-state index contributed by atoms with van der Waals surface area (Å²) in [7, 11) is 1.86. The van der Waals surface area contributed by atoms with E-state index in [0.29, 0.717) is 16.8 Å².